The summed E-state index contributed by atoms with van der Waals surface area (Å²) in [5.41, 5.74) is 2.13. The minimum absolute atomic E-state index is 0.0841. The van der Waals surface area contributed by atoms with E-state index in [-0.39, 0.29) is 19.0 Å². The van der Waals surface area contributed by atoms with E-state index in [4.69, 9.17) is 11.6 Å². The van der Waals surface area contributed by atoms with Crippen molar-refractivity contribution in [3.63, 3.8) is 0 Å². The standard InChI is InChI=1S/C22H25ClN4O3S/c1-16(2)14-26(31(3,29)30)15-22(28)24-21-13-19(17-9-5-4-6-10-17)25-27(21)20-12-8-7-11-18(20)23/h4-13,16H,14-15H2,1-3H3,(H,24,28). The number of benzene rings is 2. The molecule has 0 aliphatic rings. The van der Waals surface area contributed by atoms with Crippen molar-refractivity contribution in [1.82, 2.24) is 14.1 Å². The van der Waals surface area contributed by atoms with E-state index in [9.17, 15) is 13.2 Å². The first-order valence-electron chi connectivity index (χ1n) is 9.80. The van der Waals surface area contributed by atoms with Crippen molar-refractivity contribution >= 4 is 33.3 Å². The Balaban J connectivity index is 1.95. The molecule has 3 aromatic rings. The maximum atomic E-state index is 12.8. The predicted octanol–water partition coefficient (Wildman–Crippen LogP) is 4.05. The second kappa shape index (κ2) is 9.64. The Labute approximate surface area is 187 Å². The van der Waals surface area contributed by atoms with E-state index >= 15 is 0 Å². The van der Waals surface area contributed by atoms with E-state index in [1.165, 1.54) is 4.31 Å². The monoisotopic (exact) mass is 460 g/mol. The van der Waals surface area contributed by atoms with E-state index in [0.717, 1.165) is 11.8 Å². The van der Waals surface area contributed by atoms with Gasteiger partial charge in [-0.2, -0.15) is 9.40 Å². The highest BCUT2D eigenvalue weighted by Gasteiger charge is 2.22. The largest absolute Gasteiger partial charge is 0.309 e. The molecule has 0 saturated heterocycles. The molecular formula is C22H25ClN4O3S. The van der Waals surface area contributed by atoms with Crippen molar-refractivity contribution in [3.05, 3.63) is 65.7 Å². The lowest BCUT2D eigenvalue weighted by Gasteiger charge is -2.21. The zero-order chi connectivity index (χ0) is 22.6. The number of halogens is 1. The van der Waals surface area contributed by atoms with Crippen LogP contribution in [-0.2, 0) is 14.8 Å². The van der Waals surface area contributed by atoms with Crippen LogP contribution in [-0.4, -0.2) is 47.8 Å². The van der Waals surface area contributed by atoms with Crippen LogP contribution in [0.25, 0.3) is 16.9 Å². The van der Waals surface area contributed by atoms with Gasteiger partial charge < -0.3 is 5.32 Å². The summed E-state index contributed by atoms with van der Waals surface area (Å²) in [6.45, 7) is 3.76. The van der Waals surface area contributed by atoms with Crippen LogP contribution in [0.1, 0.15) is 13.8 Å². The van der Waals surface area contributed by atoms with Gasteiger partial charge in [0.2, 0.25) is 15.9 Å². The summed E-state index contributed by atoms with van der Waals surface area (Å²) in [7, 11) is -3.53. The summed E-state index contributed by atoms with van der Waals surface area (Å²) in [6.07, 6.45) is 1.10. The lowest BCUT2D eigenvalue weighted by Crippen LogP contribution is -2.39. The Hall–Kier alpha value is -2.68. The van der Waals surface area contributed by atoms with Gasteiger partial charge in [0.15, 0.2) is 0 Å². The molecule has 2 aromatic carbocycles. The normalized spacial score (nSPS) is 11.8. The van der Waals surface area contributed by atoms with Crippen LogP contribution >= 0.6 is 11.6 Å². The number of aromatic nitrogens is 2. The lowest BCUT2D eigenvalue weighted by molar-refractivity contribution is -0.116. The van der Waals surface area contributed by atoms with Crippen molar-refractivity contribution in [2.45, 2.75) is 13.8 Å². The molecule has 0 unspecified atom stereocenters. The molecule has 0 spiro atoms. The second-order valence-corrected chi connectivity index (χ2v) is 10.0. The number of nitrogens with zero attached hydrogens (tertiary/aromatic N) is 3. The number of para-hydroxylation sites is 1. The molecule has 0 fully saturated rings. The van der Waals surface area contributed by atoms with E-state index in [2.05, 4.69) is 10.4 Å². The molecule has 0 bridgehead atoms. The van der Waals surface area contributed by atoms with Crippen molar-refractivity contribution in [3.8, 4) is 16.9 Å². The lowest BCUT2D eigenvalue weighted by atomic mass is 10.1. The third-order valence-electron chi connectivity index (χ3n) is 4.48. The summed E-state index contributed by atoms with van der Waals surface area (Å²) in [6, 6.07) is 18.4. The number of hydrogen-bond donors (Lipinski definition) is 1. The summed E-state index contributed by atoms with van der Waals surface area (Å²) < 4.78 is 26.9. The number of hydrogen-bond acceptors (Lipinski definition) is 4. The molecule has 1 aromatic heterocycles. The Kier molecular flexibility index (Phi) is 7.15. The van der Waals surface area contributed by atoms with Crippen LogP contribution in [0.2, 0.25) is 5.02 Å². The molecular weight excluding hydrogens is 436 g/mol. The number of nitrogens with one attached hydrogen (secondary N) is 1. The molecule has 0 saturated carbocycles. The maximum absolute atomic E-state index is 12.8. The van der Waals surface area contributed by atoms with Gasteiger partial charge in [-0.05, 0) is 18.1 Å². The zero-order valence-electron chi connectivity index (χ0n) is 17.6. The molecule has 31 heavy (non-hydrogen) atoms. The summed E-state index contributed by atoms with van der Waals surface area (Å²) in [4.78, 5) is 12.8. The molecule has 1 heterocycles. The van der Waals surface area contributed by atoms with Crippen molar-refractivity contribution in [2.24, 2.45) is 5.92 Å². The molecule has 0 radical (unpaired) electrons. The minimum atomic E-state index is -3.53. The highest BCUT2D eigenvalue weighted by molar-refractivity contribution is 7.88. The summed E-state index contributed by atoms with van der Waals surface area (Å²) >= 11 is 6.36. The van der Waals surface area contributed by atoms with Gasteiger partial charge in [-0.3, -0.25) is 4.79 Å². The molecule has 7 nitrogen and oxygen atoms in total. The van der Waals surface area contributed by atoms with Crippen LogP contribution in [0.15, 0.2) is 60.7 Å². The van der Waals surface area contributed by atoms with Crippen LogP contribution < -0.4 is 5.32 Å². The van der Waals surface area contributed by atoms with Crippen LogP contribution in [0.3, 0.4) is 0 Å². The first-order valence-corrected chi connectivity index (χ1v) is 12.0. The average Bonchev–Trinajstić information content (AvgIpc) is 3.11. The molecule has 0 atom stereocenters. The number of amides is 1. The molecule has 164 valence electrons. The Morgan fingerprint density at radius 1 is 1.13 bits per heavy atom. The third kappa shape index (κ3) is 5.94. The summed E-state index contributed by atoms with van der Waals surface area (Å²) in [5, 5.41) is 7.90. The Morgan fingerprint density at radius 3 is 2.39 bits per heavy atom. The second-order valence-electron chi connectivity index (χ2n) is 7.64. The highest BCUT2D eigenvalue weighted by Crippen LogP contribution is 2.28. The Morgan fingerprint density at radius 2 is 1.77 bits per heavy atom. The number of carbonyl (C=O) groups is 1. The van der Waals surface area contributed by atoms with Gasteiger partial charge in [0, 0.05) is 18.2 Å². The van der Waals surface area contributed by atoms with Gasteiger partial charge in [-0.15, -0.1) is 0 Å². The number of sulfonamides is 1. The first kappa shape index (κ1) is 23.0. The average molecular weight is 461 g/mol. The van der Waals surface area contributed by atoms with Crippen molar-refractivity contribution in [2.75, 3.05) is 24.7 Å². The van der Waals surface area contributed by atoms with E-state index in [1.807, 2.05) is 56.3 Å². The van der Waals surface area contributed by atoms with Crippen LogP contribution in [0, 0.1) is 5.92 Å². The van der Waals surface area contributed by atoms with Gasteiger partial charge in [0.1, 0.15) is 5.82 Å². The minimum Gasteiger partial charge on any atom is -0.309 e. The van der Waals surface area contributed by atoms with E-state index < -0.39 is 15.9 Å². The Bertz CT molecular complexity index is 1160. The van der Waals surface area contributed by atoms with Gasteiger partial charge in [-0.1, -0.05) is 67.9 Å². The van der Waals surface area contributed by atoms with Crippen molar-refractivity contribution in [1.29, 1.82) is 0 Å². The number of anilines is 1. The zero-order valence-corrected chi connectivity index (χ0v) is 19.2. The molecule has 9 heteroatoms. The smallest absolute Gasteiger partial charge is 0.240 e. The predicted molar refractivity (Wildman–Crippen MR) is 124 cm³/mol. The van der Waals surface area contributed by atoms with Gasteiger partial charge in [0.05, 0.1) is 29.2 Å². The molecule has 0 aliphatic carbocycles. The van der Waals surface area contributed by atoms with E-state index in [1.54, 1.807) is 22.9 Å². The fourth-order valence-corrected chi connectivity index (χ4v) is 4.23. The van der Waals surface area contributed by atoms with E-state index in [0.29, 0.717) is 22.2 Å². The van der Waals surface area contributed by atoms with Crippen molar-refractivity contribution < 1.29 is 13.2 Å². The first-order chi connectivity index (χ1) is 14.6. The van der Waals surface area contributed by atoms with Gasteiger partial charge in [0.25, 0.3) is 0 Å². The van der Waals surface area contributed by atoms with Gasteiger partial charge >= 0.3 is 0 Å². The molecule has 1 N–H and O–H groups in total. The molecule has 3 rings (SSSR count). The molecule has 0 aliphatic heterocycles. The fourth-order valence-electron chi connectivity index (χ4n) is 3.09. The summed E-state index contributed by atoms with van der Waals surface area (Å²) in [5.74, 6) is 0.0229. The maximum Gasteiger partial charge on any atom is 0.240 e. The third-order valence-corrected chi connectivity index (χ3v) is 6.02. The number of carbonyl (C=O) groups excluding carboxylic acids is 1. The number of rotatable bonds is 8. The SMILES string of the molecule is CC(C)CN(CC(=O)Nc1cc(-c2ccccc2)nn1-c1ccccc1Cl)S(C)(=O)=O. The van der Waals surface area contributed by atoms with Gasteiger partial charge in [-0.25, -0.2) is 13.1 Å². The molecule has 1 amide bonds. The van der Waals surface area contributed by atoms with Crippen LogP contribution in [0.4, 0.5) is 5.82 Å². The highest BCUT2D eigenvalue weighted by atomic mass is 35.5. The quantitative estimate of drug-likeness (QED) is 0.549. The topological polar surface area (TPSA) is 84.3 Å². The fraction of sp³-hybridized carbons (Fsp3) is 0.273. The van der Waals surface area contributed by atoms with Crippen LogP contribution in [0.5, 0.6) is 0 Å².